The SMILES string of the molecule is CCN(CC)c1ccc(-n2c(C)cc([C@H]3[C@@H](c4ccccn4)NC(=S)N3CCCNc3ccccc3)c2C)cc1. The number of aryl methyl sites for hydroxylation is 1. The summed E-state index contributed by atoms with van der Waals surface area (Å²) in [5, 5.41) is 7.94. The van der Waals surface area contributed by atoms with Crippen molar-refractivity contribution in [1.82, 2.24) is 19.8 Å². The number of thiocarbonyl (C=S) groups is 1. The van der Waals surface area contributed by atoms with Crippen LogP contribution in [0, 0.1) is 13.8 Å². The minimum Gasteiger partial charge on any atom is -0.385 e. The fraction of sp³-hybridized carbons (Fsp3) is 0.333. The van der Waals surface area contributed by atoms with E-state index < -0.39 is 0 Å². The fourth-order valence-electron chi connectivity index (χ4n) is 5.91. The molecule has 2 aromatic heterocycles. The van der Waals surface area contributed by atoms with E-state index in [-0.39, 0.29) is 12.1 Å². The molecule has 40 heavy (non-hydrogen) atoms. The van der Waals surface area contributed by atoms with Crippen molar-refractivity contribution in [1.29, 1.82) is 0 Å². The lowest BCUT2D eigenvalue weighted by atomic mass is 9.96. The highest BCUT2D eigenvalue weighted by Crippen LogP contribution is 2.41. The first kappa shape index (κ1) is 27.7. The Kier molecular flexibility index (Phi) is 8.70. The Balaban J connectivity index is 1.44. The van der Waals surface area contributed by atoms with Crippen molar-refractivity contribution in [2.24, 2.45) is 0 Å². The van der Waals surface area contributed by atoms with Crippen LogP contribution in [0.15, 0.2) is 85.1 Å². The third kappa shape index (κ3) is 5.70. The van der Waals surface area contributed by atoms with Gasteiger partial charge in [0.2, 0.25) is 0 Å². The quantitative estimate of drug-likeness (QED) is 0.157. The van der Waals surface area contributed by atoms with Gasteiger partial charge in [-0.1, -0.05) is 24.3 Å². The first-order valence-electron chi connectivity index (χ1n) is 14.3. The van der Waals surface area contributed by atoms with Crippen LogP contribution >= 0.6 is 12.2 Å². The average Bonchev–Trinajstić information content (AvgIpc) is 3.47. The highest BCUT2D eigenvalue weighted by Gasteiger charge is 2.41. The van der Waals surface area contributed by atoms with E-state index in [1.807, 2.05) is 18.3 Å². The Morgan fingerprint density at radius 1 is 0.950 bits per heavy atom. The second-order valence-corrected chi connectivity index (χ2v) is 10.7. The predicted octanol–water partition coefficient (Wildman–Crippen LogP) is 6.81. The van der Waals surface area contributed by atoms with Crippen molar-refractivity contribution in [2.45, 2.75) is 46.2 Å². The van der Waals surface area contributed by atoms with Crippen molar-refractivity contribution >= 4 is 28.7 Å². The Labute approximate surface area is 244 Å². The highest BCUT2D eigenvalue weighted by atomic mass is 32.1. The second-order valence-electron chi connectivity index (χ2n) is 10.3. The van der Waals surface area contributed by atoms with E-state index in [2.05, 4.69) is 119 Å². The maximum atomic E-state index is 5.93. The lowest BCUT2D eigenvalue weighted by Crippen LogP contribution is -2.31. The van der Waals surface area contributed by atoms with Crippen molar-refractivity contribution in [2.75, 3.05) is 36.4 Å². The summed E-state index contributed by atoms with van der Waals surface area (Å²) in [5.41, 5.74) is 8.32. The highest BCUT2D eigenvalue weighted by molar-refractivity contribution is 7.80. The summed E-state index contributed by atoms with van der Waals surface area (Å²) in [6.45, 7) is 12.6. The van der Waals surface area contributed by atoms with Gasteiger partial charge in [0, 0.05) is 60.8 Å². The molecule has 3 heterocycles. The number of nitrogens with zero attached hydrogens (tertiary/aromatic N) is 4. The zero-order valence-electron chi connectivity index (χ0n) is 24.0. The fourth-order valence-corrected chi connectivity index (χ4v) is 6.24. The number of benzene rings is 2. The molecular weight excluding hydrogens is 512 g/mol. The number of para-hydroxylation sites is 1. The molecule has 2 N–H and O–H groups in total. The van der Waals surface area contributed by atoms with Gasteiger partial charge in [-0.2, -0.15) is 0 Å². The average molecular weight is 553 g/mol. The molecule has 1 aliphatic rings. The van der Waals surface area contributed by atoms with Crippen LogP contribution in [0.1, 0.15) is 55.0 Å². The first-order chi connectivity index (χ1) is 19.5. The van der Waals surface area contributed by atoms with Gasteiger partial charge in [-0.05, 0) is 106 Å². The Hall–Kier alpha value is -3.84. The van der Waals surface area contributed by atoms with E-state index in [9.17, 15) is 0 Å². The predicted molar refractivity (Wildman–Crippen MR) is 171 cm³/mol. The third-order valence-corrected chi connectivity index (χ3v) is 8.25. The summed E-state index contributed by atoms with van der Waals surface area (Å²) in [5.74, 6) is 0. The number of hydrogen-bond donors (Lipinski definition) is 2. The molecule has 2 aromatic carbocycles. The molecular formula is C33H40N6S. The lowest BCUT2D eigenvalue weighted by Gasteiger charge is -2.28. The molecule has 0 aliphatic carbocycles. The number of rotatable bonds is 11. The van der Waals surface area contributed by atoms with Gasteiger partial charge in [0.15, 0.2) is 5.11 Å². The Morgan fingerprint density at radius 3 is 2.35 bits per heavy atom. The molecule has 1 fully saturated rings. The van der Waals surface area contributed by atoms with Crippen molar-refractivity contribution in [3.63, 3.8) is 0 Å². The number of pyridine rings is 1. The molecule has 1 saturated heterocycles. The number of nitrogens with one attached hydrogen (secondary N) is 2. The zero-order chi connectivity index (χ0) is 28.1. The van der Waals surface area contributed by atoms with Crippen LogP contribution in [-0.2, 0) is 0 Å². The molecule has 0 saturated carbocycles. The molecule has 2 atom stereocenters. The molecule has 208 valence electrons. The minimum absolute atomic E-state index is 0.0187. The Morgan fingerprint density at radius 2 is 1.68 bits per heavy atom. The van der Waals surface area contributed by atoms with E-state index in [0.717, 1.165) is 49.1 Å². The summed E-state index contributed by atoms with van der Waals surface area (Å²) in [6.07, 6.45) is 2.83. The molecule has 0 bridgehead atoms. The van der Waals surface area contributed by atoms with Crippen LogP contribution in [-0.4, -0.2) is 45.7 Å². The van der Waals surface area contributed by atoms with Crippen LogP contribution in [0.25, 0.3) is 5.69 Å². The molecule has 0 amide bonds. The van der Waals surface area contributed by atoms with Gasteiger partial charge in [0.05, 0.1) is 17.8 Å². The van der Waals surface area contributed by atoms with Gasteiger partial charge >= 0.3 is 0 Å². The molecule has 5 rings (SSSR count). The van der Waals surface area contributed by atoms with E-state index in [4.69, 9.17) is 17.2 Å². The van der Waals surface area contributed by atoms with Crippen LogP contribution in [0.2, 0.25) is 0 Å². The summed E-state index contributed by atoms with van der Waals surface area (Å²) < 4.78 is 2.37. The molecule has 6 nitrogen and oxygen atoms in total. The maximum Gasteiger partial charge on any atom is 0.170 e. The molecule has 0 unspecified atom stereocenters. The van der Waals surface area contributed by atoms with Crippen LogP contribution in [0.4, 0.5) is 11.4 Å². The molecule has 7 heteroatoms. The minimum atomic E-state index is -0.0187. The first-order valence-corrected chi connectivity index (χ1v) is 14.7. The van der Waals surface area contributed by atoms with Gasteiger partial charge in [0.1, 0.15) is 0 Å². The third-order valence-electron chi connectivity index (χ3n) is 7.90. The molecule has 4 aromatic rings. The summed E-state index contributed by atoms with van der Waals surface area (Å²) in [4.78, 5) is 9.46. The summed E-state index contributed by atoms with van der Waals surface area (Å²) >= 11 is 5.93. The largest absolute Gasteiger partial charge is 0.385 e. The van der Waals surface area contributed by atoms with E-state index >= 15 is 0 Å². The standard InChI is InChI=1S/C33H40N6S/c1-5-37(6-2)27-16-18-28(19-17-27)39-24(3)23-29(25(39)4)32-31(30-15-10-11-20-35-30)36-33(40)38(32)22-12-21-34-26-13-8-7-9-14-26/h7-11,13-20,23,31-32,34H,5-6,12,21-22H2,1-4H3,(H,36,40)/t31-,32+/m1/s1. The lowest BCUT2D eigenvalue weighted by molar-refractivity contribution is 0.315. The molecule has 0 radical (unpaired) electrons. The van der Waals surface area contributed by atoms with E-state index in [1.165, 1.54) is 28.3 Å². The Bertz CT molecular complexity index is 1400. The van der Waals surface area contributed by atoms with Crippen LogP contribution < -0.4 is 15.5 Å². The molecule has 0 spiro atoms. The normalized spacial score (nSPS) is 16.7. The van der Waals surface area contributed by atoms with Gasteiger partial charge in [-0.3, -0.25) is 4.98 Å². The van der Waals surface area contributed by atoms with E-state index in [1.54, 1.807) is 0 Å². The van der Waals surface area contributed by atoms with E-state index in [0.29, 0.717) is 0 Å². The molecule has 1 aliphatic heterocycles. The second kappa shape index (κ2) is 12.6. The van der Waals surface area contributed by atoms with Crippen molar-refractivity contribution in [3.8, 4) is 5.69 Å². The van der Waals surface area contributed by atoms with Crippen molar-refractivity contribution < 1.29 is 0 Å². The summed E-state index contributed by atoms with van der Waals surface area (Å²) in [6, 6.07) is 27.8. The number of anilines is 2. The smallest absolute Gasteiger partial charge is 0.170 e. The number of hydrogen-bond acceptors (Lipinski definition) is 4. The van der Waals surface area contributed by atoms with Gasteiger partial charge in [-0.15, -0.1) is 0 Å². The zero-order valence-corrected chi connectivity index (χ0v) is 24.8. The maximum absolute atomic E-state index is 5.93. The number of aromatic nitrogens is 2. The van der Waals surface area contributed by atoms with Crippen LogP contribution in [0.5, 0.6) is 0 Å². The van der Waals surface area contributed by atoms with Gasteiger partial charge in [0.25, 0.3) is 0 Å². The van der Waals surface area contributed by atoms with Crippen LogP contribution in [0.3, 0.4) is 0 Å². The monoisotopic (exact) mass is 552 g/mol. The summed E-state index contributed by atoms with van der Waals surface area (Å²) in [7, 11) is 0. The van der Waals surface area contributed by atoms with Gasteiger partial charge in [-0.25, -0.2) is 0 Å². The van der Waals surface area contributed by atoms with Gasteiger partial charge < -0.3 is 25.0 Å². The van der Waals surface area contributed by atoms with Crippen molar-refractivity contribution in [3.05, 3.63) is 108 Å². The topological polar surface area (TPSA) is 48.4 Å².